The van der Waals surface area contributed by atoms with Crippen LogP contribution < -0.4 is 0 Å². The Bertz CT molecular complexity index is 3140. The van der Waals surface area contributed by atoms with Crippen LogP contribution in [0.1, 0.15) is 0 Å². The van der Waals surface area contributed by atoms with E-state index in [0.717, 1.165) is 61.6 Å². The second-order valence-corrected chi connectivity index (χ2v) is 14.0. The third-order valence-electron chi connectivity index (χ3n) is 10.7. The largest absolute Gasteiger partial charge is 0.309 e. The monoisotopic (exact) mass is 716 g/mol. The number of nitrogens with zero attached hydrogens (tertiary/aromatic N) is 6. The Labute approximate surface area is 322 Å². The van der Waals surface area contributed by atoms with Gasteiger partial charge in [-0.05, 0) is 96.1 Å². The Morgan fingerprint density at radius 1 is 0.321 bits per heavy atom. The van der Waals surface area contributed by atoms with Crippen molar-refractivity contribution in [3.05, 3.63) is 195 Å². The highest BCUT2D eigenvalue weighted by atomic mass is 15.0. The van der Waals surface area contributed by atoms with Gasteiger partial charge in [-0.1, -0.05) is 84.9 Å². The molecule has 56 heavy (non-hydrogen) atoms. The van der Waals surface area contributed by atoms with E-state index in [1.807, 2.05) is 42.7 Å². The molecular formula is C50H32N6. The summed E-state index contributed by atoms with van der Waals surface area (Å²) in [5.74, 6) is 0.646. The number of hydrogen-bond donors (Lipinski definition) is 0. The number of rotatable bonds is 6. The maximum atomic E-state index is 5.04. The molecule has 5 aromatic heterocycles. The van der Waals surface area contributed by atoms with E-state index in [0.29, 0.717) is 5.82 Å². The third kappa shape index (κ3) is 5.27. The molecule has 11 aromatic rings. The zero-order valence-electron chi connectivity index (χ0n) is 30.2. The second kappa shape index (κ2) is 13.0. The maximum absolute atomic E-state index is 5.04. The molecule has 6 nitrogen and oxygen atoms in total. The van der Waals surface area contributed by atoms with E-state index in [2.05, 4.69) is 159 Å². The van der Waals surface area contributed by atoms with Crippen LogP contribution in [0.15, 0.2) is 195 Å². The highest BCUT2D eigenvalue weighted by molar-refractivity contribution is 6.11. The van der Waals surface area contributed by atoms with E-state index in [1.165, 1.54) is 32.6 Å². The number of hydrogen-bond acceptors (Lipinski definition) is 4. The lowest BCUT2D eigenvalue weighted by Gasteiger charge is -2.13. The number of aromatic nitrogens is 6. The smallest absolute Gasteiger partial charge is 0.160 e. The van der Waals surface area contributed by atoms with Gasteiger partial charge in [-0.3, -0.25) is 9.97 Å². The molecule has 0 aliphatic carbocycles. The van der Waals surface area contributed by atoms with E-state index in [1.54, 1.807) is 12.4 Å². The Hall–Kier alpha value is -7.70. The minimum Gasteiger partial charge on any atom is -0.309 e. The van der Waals surface area contributed by atoms with Crippen LogP contribution in [0.5, 0.6) is 0 Å². The Morgan fingerprint density at radius 3 is 1.38 bits per heavy atom. The quantitative estimate of drug-likeness (QED) is 0.172. The predicted octanol–water partition coefficient (Wildman–Crippen LogP) is 12.1. The highest BCUT2D eigenvalue weighted by Crippen LogP contribution is 2.38. The van der Waals surface area contributed by atoms with Gasteiger partial charge in [0.05, 0.1) is 33.5 Å². The molecule has 0 spiro atoms. The molecule has 0 amide bonds. The summed E-state index contributed by atoms with van der Waals surface area (Å²) < 4.78 is 4.77. The van der Waals surface area contributed by atoms with Gasteiger partial charge in [0.2, 0.25) is 0 Å². The zero-order chi connectivity index (χ0) is 37.0. The molecule has 0 saturated carbocycles. The van der Waals surface area contributed by atoms with Gasteiger partial charge in [-0.2, -0.15) is 0 Å². The normalized spacial score (nSPS) is 11.6. The van der Waals surface area contributed by atoms with Crippen molar-refractivity contribution < 1.29 is 0 Å². The molecule has 0 aliphatic heterocycles. The van der Waals surface area contributed by atoms with Crippen molar-refractivity contribution in [2.45, 2.75) is 0 Å². The average Bonchev–Trinajstić information content (AvgIpc) is 3.80. The van der Waals surface area contributed by atoms with Gasteiger partial charge in [-0.15, -0.1) is 0 Å². The first-order chi connectivity index (χ1) is 27.8. The summed E-state index contributed by atoms with van der Waals surface area (Å²) >= 11 is 0. The van der Waals surface area contributed by atoms with Crippen LogP contribution in [0.3, 0.4) is 0 Å². The van der Waals surface area contributed by atoms with Crippen molar-refractivity contribution in [1.29, 1.82) is 0 Å². The van der Waals surface area contributed by atoms with Gasteiger partial charge in [-0.25, -0.2) is 9.97 Å². The standard InChI is InChI=1S/C50H32N6/c1-4-20-46-40(17-1)41-18-2-5-21-47(41)55(46)38-15-8-16-39(29-38)56-48-22-6-3-19-42(48)43-28-34(23-24-49(43)56)33-11-7-12-35(27-33)50-53-44(36-13-9-25-51-31-36)30-45(54-50)37-14-10-26-52-32-37/h1-32H. The molecule has 11 rings (SSSR count). The van der Waals surface area contributed by atoms with Crippen LogP contribution in [-0.4, -0.2) is 29.1 Å². The van der Waals surface area contributed by atoms with Crippen molar-refractivity contribution >= 4 is 43.6 Å². The highest BCUT2D eigenvalue weighted by Gasteiger charge is 2.17. The number of fused-ring (bicyclic) bond motifs is 6. The van der Waals surface area contributed by atoms with Gasteiger partial charge in [0.25, 0.3) is 0 Å². The van der Waals surface area contributed by atoms with Crippen LogP contribution in [0.4, 0.5) is 0 Å². The fourth-order valence-corrected chi connectivity index (χ4v) is 8.14. The second-order valence-electron chi connectivity index (χ2n) is 14.0. The summed E-state index contributed by atoms with van der Waals surface area (Å²) in [6, 6.07) is 60.1. The van der Waals surface area contributed by atoms with Gasteiger partial charge < -0.3 is 9.13 Å². The molecule has 6 aromatic carbocycles. The van der Waals surface area contributed by atoms with Crippen molar-refractivity contribution in [2.75, 3.05) is 0 Å². The summed E-state index contributed by atoms with van der Waals surface area (Å²) in [6.45, 7) is 0. The Balaban J connectivity index is 1.03. The van der Waals surface area contributed by atoms with Gasteiger partial charge in [0.15, 0.2) is 5.82 Å². The number of benzene rings is 6. The van der Waals surface area contributed by atoms with Crippen LogP contribution >= 0.6 is 0 Å². The molecule has 262 valence electrons. The molecule has 5 heterocycles. The number of pyridine rings is 2. The van der Waals surface area contributed by atoms with Crippen LogP contribution in [0.2, 0.25) is 0 Å². The summed E-state index contributed by atoms with van der Waals surface area (Å²) in [5, 5.41) is 4.91. The van der Waals surface area contributed by atoms with Crippen LogP contribution in [-0.2, 0) is 0 Å². The fourth-order valence-electron chi connectivity index (χ4n) is 8.14. The van der Waals surface area contributed by atoms with Gasteiger partial charge in [0.1, 0.15) is 0 Å². The maximum Gasteiger partial charge on any atom is 0.160 e. The fraction of sp³-hybridized carbons (Fsp3) is 0. The molecule has 0 atom stereocenters. The van der Waals surface area contributed by atoms with E-state index >= 15 is 0 Å². The Kier molecular flexibility index (Phi) is 7.38. The molecule has 6 heteroatoms. The van der Waals surface area contributed by atoms with Gasteiger partial charge in [0, 0.05) is 74.4 Å². The SMILES string of the molecule is c1cncc(-c2cc(-c3cccnc3)nc(-c3cccc(-c4ccc5c(c4)c4ccccc4n5-c4cccc(-n5c6ccccc6c6ccccc65)c4)c3)n2)c1. The van der Waals surface area contributed by atoms with E-state index < -0.39 is 0 Å². The summed E-state index contributed by atoms with van der Waals surface area (Å²) in [5.41, 5.74) is 13.6. The van der Waals surface area contributed by atoms with Crippen LogP contribution in [0.25, 0.3) is 100 Å². The zero-order valence-corrected chi connectivity index (χ0v) is 30.2. The molecule has 0 radical (unpaired) electrons. The van der Waals surface area contributed by atoms with E-state index in [4.69, 9.17) is 9.97 Å². The number of para-hydroxylation sites is 3. The molecule has 0 aliphatic rings. The lowest BCUT2D eigenvalue weighted by Crippen LogP contribution is -1.98. The molecule has 0 saturated heterocycles. The van der Waals surface area contributed by atoms with Crippen molar-refractivity contribution in [2.24, 2.45) is 0 Å². The lowest BCUT2D eigenvalue weighted by molar-refractivity contribution is 1.13. The first kappa shape index (κ1) is 31.8. The first-order valence-electron chi connectivity index (χ1n) is 18.7. The lowest BCUT2D eigenvalue weighted by atomic mass is 10.00. The predicted molar refractivity (Wildman–Crippen MR) is 228 cm³/mol. The summed E-state index contributed by atoms with van der Waals surface area (Å²) in [7, 11) is 0. The van der Waals surface area contributed by atoms with E-state index in [-0.39, 0.29) is 0 Å². The van der Waals surface area contributed by atoms with Crippen molar-refractivity contribution in [1.82, 2.24) is 29.1 Å². The topological polar surface area (TPSA) is 61.4 Å². The molecule has 0 fully saturated rings. The first-order valence-corrected chi connectivity index (χ1v) is 18.7. The molecule has 0 N–H and O–H groups in total. The minimum atomic E-state index is 0.646. The third-order valence-corrected chi connectivity index (χ3v) is 10.7. The molecular weight excluding hydrogens is 685 g/mol. The van der Waals surface area contributed by atoms with Crippen molar-refractivity contribution in [3.63, 3.8) is 0 Å². The molecule has 0 unspecified atom stereocenters. The van der Waals surface area contributed by atoms with E-state index in [9.17, 15) is 0 Å². The summed E-state index contributed by atoms with van der Waals surface area (Å²) in [4.78, 5) is 18.8. The average molecular weight is 717 g/mol. The van der Waals surface area contributed by atoms with Crippen molar-refractivity contribution in [3.8, 4) is 56.4 Å². The molecule has 0 bridgehead atoms. The Morgan fingerprint density at radius 2 is 0.804 bits per heavy atom. The summed E-state index contributed by atoms with van der Waals surface area (Å²) in [6.07, 6.45) is 7.22. The minimum absolute atomic E-state index is 0.646. The van der Waals surface area contributed by atoms with Gasteiger partial charge >= 0.3 is 0 Å². The van der Waals surface area contributed by atoms with Crippen LogP contribution in [0, 0.1) is 0 Å².